The Bertz CT molecular complexity index is 955. The van der Waals surface area contributed by atoms with Crippen LogP contribution in [0.25, 0.3) is 11.3 Å². The molecule has 6 nitrogen and oxygen atoms in total. The van der Waals surface area contributed by atoms with Crippen LogP contribution in [0.15, 0.2) is 64.1 Å². The Kier molecular flexibility index (Phi) is 6.78. The van der Waals surface area contributed by atoms with Gasteiger partial charge in [-0.3, -0.25) is 4.99 Å². The van der Waals surface area contributed by atoms with Crippen LogP contribution in [0.1, 0.15) is 17.0 Å². The van der Waals surface area contributed by atoms with Crippen molar-refractivity contribution < 1.29 is 17.9 Å². The quantitative estimate of drug-likeness (QED) is 0.461. The average Bonchev–Trinajstić information content (AvgIpc) is 3.18. The highest BCUT2D eigenvalue weighted by atomic mass is 19.3. The number of rotatable bonds is 7. The molecule has 1 aromatic heterocycles. The topological polar surface area (TPSA) is 71.7 Å². The summed E-state index contributed by atoms with van der Waals surface area (Å²) in [4.78, 5) is 8.39. The second-order valence-corrected chi connectivity index (χ2v) is 6.25. The Morgan fingerprint density at radius 1 is 1.10 bits per heavy atom. The Morgan fingerprint density at radius 2 is 1.83 bits per heavy atom. The van der Waals surface area contributed by atoms with E-state index in [1.807, 2.05) is 31.2 Å². The molecule has 3 rings (SSSR count). The molecule has 0 spiro atoms. The van der Waals surface area contributed by atoms with Gasteiger partial charge in [-0.05, 0) is 13.0 Å². The summed E-state index contributed by atoms with van der Waals surface area (Å²) in [5.74, 6) is 1.79. The van der Waals surface area contributed by atoms with Crippen LogP contribution in [0.3, 0.4) is 0 Å². The van der Waals surface area contributed by atoms with Crippen LogP contribution < -0.4 is 15.4 Å². The molecule has 2 N–H and O–H groups in total. The zero-order chi connectivity index (χ0) is 20.6. The van der Waals surface area contributed by atoms with Gasteiger partial charge in [0.15, 0.2) is 11.7 Å². The van der Waals surface area contributed by atoms with Crippen LogP contribution >= 0.6 is 0 Å². The molecule has 0 saturated heterocycles. The first-order chi connectivity index (χ1) is 14.0. The Balaban J connectivity index is 1.56. The van der Waals surface area contributed by atoms with Crippen LogP contribution in [-0.2, 0) is 13.1 Å². The van der Waals surface area contributed by atoms with Crippen molar-refractivity contribution in [1.82, 2.24) is 15.6 Å². The zero-order valence-corrected chi connectivity index (χ0v) is 16.2. The summed E-state index contributed by atoms with van der Waals surface area (Å²) >= 11 is 0. The zero-order valence-electron chi connectivity index (χ0n) is 16.2. The van der Waals surface area contributed by atoms with Crippen molar-refractivity contribution in [2.75, 3.05) is 7.05 Å². The minimum atomic E-state index is -2.87. The maximum atomic E-state index is 12.5. The number of nitrogens with one attached hydrogen (secondary N) is 2. The predicted octanol–water partition coefficient (Wildman–Crippen LogP) is 4.12. The molecule has 0 atom stereocenters. The van der Waals surface area contributed by atoms with E-state index in [0.29, 0.717) is 29.7 Å². The Morgan fingerprint density at radius 3 is 2.55 bits per heavy atom. The molecule has 3 aromatic rings. The van der Waals surface area contributed by atoms with Crippen molar-refractivity contribution >= 4 is 5.96 Å². The molecule has 0 aliphatic heterocycles. The highest BCUT2D eigenvalue weighted by molar-refractivity contribution is 5.79. The Labute approximate surface area is 167 Å². The van der Waals surface area contributed by atoms with Crippen molar-refractivity contribution in [3.63, 3.8) is 0 Å². The van der Waals surface area contributed by atoms with E-state index in [1.54, 1.807) is 31.4 Å². The Hall–Kier alpha value is -3.42. The largest absolute Gasteiger partial charge is 0.439 e. The highest BCUT2D eigenvalue weighted by Crippen LogP contribution is 2.21. The SMILES string of the molecule is CN=C(NCc1ncc(-c2ccc(C)cc2)o1)NCc1ccccc1OC(F)F. The standard InChI is InChI=1S/C21H22F2N4O2/c1-14-7-9-15(10-8-14)18-12-25-19(28-18)13-27-21(24-2)26-11-16-5-3-4-6-17(16)29-20(22)23/h3-10,12,20H,11,13H2,1-2H3,(H2,24,26,27). The van der Waals surface area contributed by atoms with Crippen molar-refractivity contribution in [1.29, 1.82) is 0 Å². The number of aliphatic imine (C=N–C) groups is 1. The van der Waals surface area contributed by atoms with Crippen molar-refractivity contribution in [3.8, 4) is 17.1 Å². The molecule has 0 radical (unpaired) electrons. The number of guanidine groups is 1. The lowest BCUT2D eigenvalue weighted by atomic mass is 10.1. The van der Waals surface area contributed by atoms with E-state index < -0.39 is 6.61 Å². The summed E-state index contributed by atoms with van der Waals surface area (Å²) in [7, 11) is 1.62. The number of aromatic nitrogens is 1. The van der Waals surface area contributed by atoms with E-state index in [4.69, 9.17) is 4.42 Å². The van der Waals surface area contributed by atoms with Gasteiger partial charge in [0.2, 0.25) is 5.89 Å². The number of aryl methyl sites for hydroxylation is 1. The third-order valence-electron chi connectivity index (χ3n) is 4.16. The molecule has 29 heavy (non-hydrogen) atoms. The van der Waals surface area contributed by atoms with Gasteiger partial charge in [0, 0.05) is 24.7 Å². The molecule has 0 unspecified atom stereocenters. The number of hydrogen-bond acceptors (Lipinski definition) is 4. The van der Waals surface area contributed by atoms with Gasteiger partial charge >= 0.3 is 6.61 Å². The first-order valence-electron chi connectivity index (χ1n) is 9.04. The molecular formula is C21H22F2N4O2. The van der Waals surface area contributed by atoms with Gasteiger partial charge in [-0.2, -0.15) is 8.78 Å². The number of para-hydroxylation sites is 1. The van der Waals surface area contributed by atoms with Gasteiger partial charge in [-0.25, -0.2) is 4.98 Å². The molecule has 0 amide bonds. The minimum Gasteiger partial charge on any atom is -0.439 e. The number of halogens is 2. The minimum absolute atomic E-state index is 0.126. The van der Waals surface area contributed by atoms with Crippen molar-refractivity contribution in [3.05, 3.63) is 71.7 Å². The summed E-state index contributed by atoms with van der Waals surface area (Å²) in [5, 5.41) is 6.14. The number of oxazole rings is 1. The molecule has 152 valence electrons. The second-order valence-electron chi connectivity index (χ2n) is 6.25. The second kappa shape index (κ2) is 9.68. The predicted molar refractivity (Wildman–Crippen MR) is 107 cm³/mol. The lowest BCUT2D eigenvalue weighted by Crippen LogP contribution is -2.36. The van der Waals surface area contributed by atoms with Crippen molar-refractivity contribution in [2.24, 2.45) is 4.99 Å². The maximum absolute atomic E-state index is 12.5. The van der Waals surface area contributed by atoms with Crippen LogP contribution in [0.4, 0.5) is 8.78 Å². The lowest BCUT2D eigenvalue weighted by molar-refractivity contribution is -0.0504. The number of hydrogen-bond donors (Lipinski definition) is 2. The number of alkyl halides is 2. The van der Waals surface area contributed by atoms with Gasteiger partial charge in [-0.15, -0.1) is 0 Å². The van der Waals surface area contributed by atoms with Gasteiger partial charge in [0.1, 0.15) is 5.75 Å². The fourth-order valence-corrected chi connectivity index (χ4v) is 2.66. The fraction of sp³-hybridized carbons (Fsp3) is 0.238. The summed E-state index contributed by atoms with van der Waals surface area (Å²) in [6.45, 7) is -0.263. The van der Waals surface area contributed by atoms with Gasteiger partial charge in [-0.1, -0.05) is 48.0 Å². The summed E-state index contributed by atoms with van der Waals surface area (Å²) in [5.41, 5.74) is 2.71. The van der Waals surface area contributed by atoms with Crippen LogP contribution in [0.5, 0.6) is 5.75 Å². The van der Waals surface area contributed by atoms with Crippen LogP contribution in [0, 0.1) is 6.92 Å². The molecule has 0 aliphatic carbocycles. The van der Waals surface area contributed by atoms with E-state index in [2.05, 4.69) is 25.3 Å². The van der Waals surface area contributed by atoms with E-state index in [1.165, 1.54) is 11.6 Å². The van der Waals surface area contributed by atoms with E-state index in [0.717, 1.165) is 5.56 Å². The van der Waals surface area contributed by atoms with Gasteiger partial charge in [0.05, 0.1) is 12.7 Å². The molecule has 2 aromatic carbocycles. The third kappa shape index (κ3) is 5.78. The van der Waals surface area contributed by atoms with Crippen LogP contribution in [0.2, 0.25) is 0 Å². The molecule has 0 saturated carbocycles. The van der Waals surface area contributed by atoms with Gasteiger partial charge in [0.25, 0.3) is 0 Å². The van der Waals surface area contributed by atoms with Crippen molar-refractivity contribution in [2.45, 2.75) is 26.6 Å². The summed E-state index contributed by atoms with van der Waals surface area (Å²) in [6, 6.07) is 14.6. The van der Waals surface area contributed by atoms with Gasteiger partial charge < -0.3 is 19.8 Å². The maximum Gasteiger partial charge on any atom is 0.387 e. The first-order valence-corrected chi connectivity index (χ1v) is 9.04. The molecular weight excluding hydrogens is 378 g/mol. The lowest BCUT2D eigenvalue weighted by Gasteiger charge is -2.13. The third-order valence-corrected chi connectivity index (χ3v) is 4.16. The average molecular weight is 400 g/mol. The number of nitrogens with zero attached hydrogens (tertiary/aromatic N) is 2. The first kappa shape index (κ1) is 20.3. The monoisotopic (exact) mass is 400 g/mol. The summed E-state index contributed by atoms with van der Waals surface area (Å²) < 4.78 is 35.3. The molecule has 8 heteroatoms. The molecule has 0 fully saturated rings. The normalized spacial score (nSPS) is 11.6. The summed E-state index contributed by atoms with van der Waals surface area (Å²) in [6.07, 6.45) is 1.68. The molecule has 0 bridgehead atoms. The fourth-order valence-electron chi connectivity index (χ4n) is 2.66. The smallest absolute Gasteiger partial charge is 0.387 e. The van der Waals surface area contributed by atoms with E-state index >= 15 is 0 Å². The highest BCUT2D eigenvalue weighted by Gasteiger charge is 2.10. The van der Waals surface area contributed by atoms with Crippen LogP contribution in [-0.4, -0.2) is 24.6 Å². The number of benzene rings is 2. The molecule has 1 heterocycles. The molecule has 0 aliphatic rings. The number of ether oxygens (including phenoxy) is 1. The van der Waals surface area contributed by atoms with E-state index in [-0.39, 0.29) is 12.3 Å². The van der Waals surface area contributed by atoms with E-state index in [9.17, 15) is 8.78 Å².